The van der Waals surface area contributed by atoms with Crippen LogP contribution in [0.3, 0.4) is 0 Å². The van der Waals surface area contributed by atoms with Crippen molar-refractivity contribution in [1.82, 2.24) is 5.48 Å². The maximum Gasteiger partial charge on any atom is 0.414 e. The number of carbonyl (C=O) groups excluding carboxylic acids is 1. The molecule has 15 heavy (non-hydrogen) atoms. The molecular formula is C8H15F3N2O2. The molecule has 1 amide bonds. The zero-order chi connectivity index (χ0) is 12.1. The molecule has 0 aromatic rings. The molecule has 0 aliphatic carbocycles. The van der Waals surface area contributed by atoms with Gasteiger partial charge in [0.05, 0.1) is 5.92 Å². The molecule has 0 spiro atoms. The van der Waals surface area contributed by atoms with Crippen LogP contribution in [0, 0.1) is 11.8 Å². The van der Waals surface area contributed by atoms with Crippen LogP contribution in [0.5, 0.6) is 0 Å². The van der Waals surface area contributed by atoms with E-state index in [1.165, 1.54) is 0 Å². The van der Waals surface area contributed by atoms with E-state index in [9.17, 15) is 18.0 Å². The Hall–Kier alpha value is -0.820. The van der Waals surface area contributed by atoms with Crippen molar-refractivity contribution in [3.8, 4) is 0 Å². The molecule has 1 unspecified atom stereocenters. The van der Waals surface area contributed by atoms with Crippen molar-refractivity contribution in [2.75, 3.05) is 13.2 Å². The molecule has 0 saturated carbocycles. The first-order valence-electron chi connectivity index (χ1n) is 4.46. The molecule has 0 saturated heterocycles. The first-order chi connectivity index (χ1) is 6.78. The molecule has 7 heteroatoms. The summed E-state index contributed by atoms with van der Waals surface area (Å²) in [5, 5.41) is 0. The third-order valence-electron chi connectivity index (χ3n) is 1.80. The summed E-state index contributed by atoms with van der Waals surface area (Å²) in [6.07, 6.45) is -4.46. The number of nitrogens with two attached hydrogens (primary N) is 1. The largest absolute Gasteiger partial charge is 0.414 e. The van der Waals surface area contributed by atoms with Crippen molar-refractivity contribution in [2.24, 2.45) is 17.6 Å². The highest BCUT2D eigenvalue weighted by Crippen LogP contribution is 2.14. The highest BCUT2D eigenvalue weighted by Gasteiger charge is 2.29. The quantitative estimate of drug-likeness (QED) is 0.685. The van der Waals surface area contributed by atoms with Gasteiger partial charge in [-0.25, -0.2) is 5.48 Å². The normalized spacial score (nSPS) is 14.1. The van der Waals surface area contributed by atoms with E-state index < -0.39 is 24.6 Å². The highest BCUT2D eigenvalue weighted by atomic mass is 19.4. The number of hydroxylamine groups is 1. The summed E-state index contributed by atoms with van der Waals surface area (Å²) in [5.41, 5.74) is 7.03. The van der Waals surface area contributed by atoms with E-state index >= 15 is 0 Å². The lowest BCUT2D eigenvalue weighted by Crippen LogP contribution is -2.39. The standard InChI is InChI=1S/C8H15F3N2O2/c1-5(2)6(3-12)7(14)13-15-4-8(9,10)11/h5-6H,3-4,12H2,1-2H3,(H,13,14). The second kappa shape index (κ2) is 5.92. The molecule has 0 radical (unpaired) electrons. The summed E-state index contributed by atoms with van der Waals surface area (Å²) in [6.45, 7) is 2.06. The summed E-state index contributed by atoms with van der Waals surface area (Å²) >= 11 is 0. The predicted octanol–water partition coefficient (Wildman–Crippen LogP) is 0.827. The number of hydrogen-bond donors (Lipinski definition) is 2. The van der Waals surface area contributed by atoms with Crippen molar-refractivity contribution >= 4 is 5.91 Å². The Kier molecular flexibility index (Phi) is 5.59. The Bertz CT molecular complexity index is 207. The van der Waals surface area contributed by atoms with Crippen LogP contribution in [0.2, 0.25) is 0 Å². The van der Waals surface area contributed by atoms with E-state index in [1.807, 2.05) is 0 Å². The van der Waals surface area contributed by atoms with Gasteiger partial charge in [-0.3, -0.25) is 9.63 Å². The van der Waals surface area contributed by atoms with Crippen molar-refractivity contribution in [2.45, 2.75) is 20.0 Å². The lowest BCUT2D eigenvalue weighted by Gasteiger charge is -2.18. The monoisotopic (exact) mass is 228 g/mol. The van der Waals surface area contributed by atoms with Crippen LogP contribution in [0.1, 0.15) is 13.8 Å². The van der Waals surface area contributed by atoms with Gasteiger partial charge in [0, 0.05) is 6.54 Å². The average molecular weight is 228 g/mol. The maximum atomic E-state index is 11.6. The lowest BCUT2D eigenvalue weighted by molar-refractivity contribution is -0.193. The minimum absolute atomic E-state index is 0.0514. The second-order valence-corrected chi connectivity index (χ2v) is 3.46. The summed E-state index contributed by atoms with van der Waals surface area (Å²) in [4.78, 5) is 15.2. The van der Waals surface area contributed by atoms with Crippen LogP contribution in [0.25, 0.3) is 0 Å². The van der Waals surface area contributed by atoms with Gasteiger partial charge in [0.2, 0.25) is 5.91 Å². The van der Waals surface area contributed by atoms with Gasteiger partial charge in [-0.1, -0.05) is 13.8 Å². The average Bonchev–Trinajstić information content (AvgIpc) is 2.01. The SMILES string of the molecule is CC(C)C(CN)C(=O)NOCC(F)(F)F. The Labute approximate surface area is 85.9 Å². The molecular weight excluding hydrogens is 213 g/mol. The minimum atomic E-state index is -4.46. The highest BCUT2D eigenvalue weighted by molar-refractivity contribution is 5.78. The van der Waals surface area contributed by atoms with E-state index in [2.05, 4.69) is 4.84 Å². The number of rotatable bonds is 5. The molecule has 0 heterocycles. The van der Waals surface area contributed by atoms with Crippen molar-refractivity contribution in [1.29, 1.82) is 0 Å². The smallest absolute Gasteiger partial charge is 0.330 e. The predicted molar refractivity (Wildman–Crippen MR) is 47.5 cm³/mol. The molecule has 0 fully saturated rings. The molecule has 90 valence electrons. The van der Waals surface area contributed by atoms with Crippen LogP contribution >= 0.6 is 0 Å². The molecule has 0 aliphatic heterocycles. The van der Waals surface area contributed by atoms with Crippen LogP contribution in [-0.2, 0) is 9.63 Å². The number of alkyl halides is 3. The number of amides is 1. The Balaban J connectivity index is 3.92. The molecule has 0 bridgehead atoms. The number of halogens is 3. The fourth-order valence-corrected chi connectivity index (χ4v) is 0.947. The summed E-state index contributed by atoms with van der Waals surface area (Å²) in [7, 11) is 0. The molecule has 3 N–H and O–H groups in total. The Morgan fingerprint density at radius 1 is 1.47 bits per heavy atom. The van der Waals surface area contributed by atoms with Gasteiger partial charge in [-0.15, -0.1) is 0 Å². The van der Waals surface area contributed by atoms with E-state index in [0.29, 0.717) is 0 Å². The lowest BCUT2D eigenvalue weighted by atomic mass is 9.96. The van der Waals surface area contributed by atoms with Crippen molar-refractivity contribution in [3.05, 3.63) is 0 Å². The zero-order valence-electron chi connectivity index (χ0n) is 8.60. The van der Waals surface area contributed by atoms with E-state index in [1.54, 1.807) is 19.3 Å². The van der Waals surface area contributed by atoms with E-state index in [4.69, 9.17) is 5.73 Å². The van der Waals surface area contributed by atoms with Crippen molar-refractivity contribution in [3.63, 3.8) is 0 Å². The minimum Gasteiger partial charge on any atom is -0.330 e. The van der Waals surface area contributed by atoms with Crippen molar-refractivity contribution < 1.29 is 22.8 Å². The van der Waals surface area contributed by atoms with E-state index in [-0.39, 0.29) is 12.5 Å². The van der Waals surface area contributed by atoms with Gasteiger partial charge in [-0.05, 0) is 5.92 Å². The third kappa shape index (κ3) is 6.29. The Morgan fingerprint density at radius 2 is 2.00 bits per heavy atom. The summed E-state index contributed by atoms with van der Waals surface area (Å²) < 4.78 is 34.9. The first-order valence-corrected chi connectivity index (χ1v) is 4.46. The molecule has 0 aromatic heterocycles. The molecule has 0 rings (SSSR count). The van der Waals surface area contributed by atoms with Gasteiger partial charge < -0.3 is 5.73 Å². The number of carbonyl (C=O) groups is 1. The topological polar surface area (TPSA) is 64.4 Å². The molecule has 4 nitrogen and oxygen atoms in total. The fourth-order valence-electron chi connectivity index (χ4n) is 0.947. The van der Waals surface area contributed by atoms with Crippen LogP contribution in [0.4, 0.5) is 13.2 Å². The van der Waals surface area contributed by atoms with Gasteiger partial charge in [0.1, 0.15) is 0 Å². The van der Waals surface area contributed by atoms with Crippen LogP contribution in [-0.4, -0.2) is 25.2 Å². The number of nitrogens with one attached hydrogen (secondary N) is 1. The zero-order valence-corrected chi connectivity index (χ0v) is 8.60. The summed E-state index contributed by atoms with van der Waals surface area (Å²) in [6, 6.07) is 0. The van der Waals surface area contributed by atoms with Crippen LogP contribution in [0.15, 0.2) is 0 Å². The third-order valence-corrected chi connectivity index (χ3v) is 1.80. The van der Waals surface area contributed by atoms with Gasteiger partial charge in [0.15, 0.2) is 6.61 Å². The van der Waals surface area contributed by atoms with Gasteiger partial charge in [-0.2, -0.15) is 13.2 Å². The van der Waals surface area contributed by atoms with Gasteiger partial charge in [0.25, 0.3) is 0 Å². The molecule has 1 atom stereocenters. The van der Waals surface area contributed by atoms with E-state index in [0.717, 1.165) is 0 Å². The van der Waals surface area contributed by atoms with Gasteiger partial charge >= 0.3 is 6.18 Å². The summed E-state index contributed by atoms with van der Waals surface area (Å²) in [5.74, 6) is -1.22. The first kappa shape index (κ1) is 14.2. The maximum absolute atomic E-state index is 11.6. The molecule has 0 aliphatic rings. The van der Waals surface area contributed by atoms with Crippen LogP contribution < -0.4 is 11.2 Å². The number of hydrogen-bond acceptors (Lipinski definition) is 3. The fraction of sp³-hybridized carbons (Fsp3) is 0.875. The Morgan fingerprint density at radius 3 is 2.33 bits per heavy atom. The second-order valence-electron chi connectivity index (χ2n) is 3.46. The molecule has 0 aromatic carbocycles.